The zero-order valence-electron chi connectivity index (χ0n) is 10.4. The van der Waals surface area contributed by atoms with E-state index in [0.29, 0.717) is 6.04 Å². The van der Waals surface area contributed by atoms with E-state index in [1.165, 1.54) is 28.5 Å². The van der Waals surface area contributed by atoms with Crippen molar-refractivity contribution in [1.29, 1.82) is 0 Å². The number of benzene rings is 1. The van der Waals surface area contributed by atoms with Gasteiger partial charge in [-0.3, -0.25) is 0 Å². The van der Waals surface area contributed by atoms with E-state index >= 15 is 0 Å². The highest BCUT2D eigenvalue weighted by atomic mass is 32.1. The Morgan fingerprint density at radius 2 is 2.12 bits per heavy atom. The van der Waals surface area contributed by atoms with Crippen molar-refractivity contribution in [2.75, 3.05) is 7.05 Å². The smallest absolute Gasteiger partial charge is 0.0390 e. The molecule has 0 saturated heterocycles. The Hall–Kier alpha value is -0.860. The minimum absolute atomic E-state index is 0.504. The van der Waals surface area contributed by atoms with Gasteiger partial charge in [-0.2, -0.15) is 0 Å². The van der Waals surface area contributed by atoms with Gasteiger partial charge in [0.25, 0.3) is 0 Å². The molecule has 1 heterocycles. The van der Waals surface area contributed by atoms with Crippen LogP contribution in [0.3, 0.4) is 0 Å². The van der Waals surface area contributed by atoms with E-state index in [1.54, 1.807) is 0 Å². The first-order valence-electron chi connectivity index (χ1n) is 6.44. The molecule has 1 fully saturated rings. The predicted molar refractivity (Wildman–Crippen MR) is 75.5 cm³/mol. The molecule has 0 aliphatic heterocycles. The van der Waals surface area contributed by atoms with Gasteiger partial charge in [0.2, 0.25) is 0 Å². The topological polar surface area (TPSA) is 12.0 Å². The summed E-state index contributed by atoms with van der Waals surface area (Å²) in [5, 5.41) is 7.11. The average Bonchev–Trinajstić information content (AvgIpc) is 3.08. The van der Waals surface area contributed by atoms with Crippen LogP contribution in [0, 0.1) is 11.8 Å². The van der Waals surface area contributed by atoms with Crippen LogP contribution in [0.2, 0.25) is 0 Å². The summed E-state index contributed by atoms with van der Waals surface area (Å²) in [5.74, 6) is 1.68. The van der Waals surface area contributed by atoms with Crippen LogP contribution < -0.4 is 5.32 Å². The van der Waals surface area contributed by atoms with Crippen LogP contribution in [0.4, 0.5) is 0 Å². The standard InChI is InChI=1S/C15H19NS/c1-10(11-6-7-11)14(16-2)13-5-3-4-12-8-9-17-15(12)13/h3-5,8-11,14,16H,6-7H2,1-2H3. The van der Waals surface area contributed by atoms with Crippen molar-refractivity contribution in [1.82, 2.24) is 5.32 Å². The molecule has 2 heteroatoms. The molecule has 0 radical (unpaired) electrons. The summed E-state index contributed by atoms with van der Waals surface area (Å²) < 4.78 is 1.46. The molecule has 3 rings (SSSR count). The normalized spacial score (nSPS) is 19.4. The lowest BCUT2D eigenvalue weighted by Gasteiger charge is -2.24. The summed E-state index contributed by atoms with van der Waals surface area (Å²) in [6.45, 7) is 2.39. The number of nitrogens with one attached hydrogen (secondary N) is 1. The van der Waals surface area contributed by atoms with Gasteiger partial charge in [0, 0.05) is 10.7 Å². The van der Waals surface area contributed by atoms with Crippen molar-refractivity contribution in [2.24, 2.45) is 11.8 Å². The molecule has 2 atom stereocenters. The van der Waals surface area contributed by atoms with Crippen molar-refractivity contribution in [2.45, 2.75) is 25.8 Å². The summed E-state index contributed by atoms with van der Waals surface area (Å²) >= 11 is 1.87. The van der Waals surface area contributed by atoms with Gasteiger partial charge in [-0.05, 0) is 54.1 Å². The van der Waals surface area contributed by atoms with Gasteiger partial charge in [0.15, 0.2) is 0 Å². The minimum atomic E-state index is 0.504. The van der Waals surface area contributed by atoms with Crippen molar-refractivity contribution >= 4 is 21.4 Å². The van der Waals surface area contributed by atoms with Crippen molar-refractivity contribution in [3.63, 3.8) is 0 Å². The third kappa shape index (κ3) is 2.00. The van der Waals surface area contributed by atoms with E-state index in [4.69, 9.17) is 0 Å². The Labute approximate surface area is 107 Å². The highest BCUT2D eigenvalue weighted by molar-refractivity contribution is 7.17. The first-order chi connectivity index (χ1) is 8.31. The van der Waals surface area contributed by atoms with Gasteiger partial charge in [0.1, 0.15) is 0 Å². The maximum atomic E-state index is 3.53. The fourth-order valence-corrected chi connectivity index (χ4v) is 3.81. The van der Waals surface area contributed by atoms with Gasteiger partial charge >= 0.3 is 0 Å². The summed E-state index contributed by atoms with van der Waals surface area (Å²) in [6.07, 6.45) is 2.83. The van der Waals surface area contributed by atoms with Crippen LogP contribution in [0.5, 0.6) is 0 Å². The number of hydrogen-bond acceptors (Lipinski definition) is 2. The zero-order valence-corrected chi connectivity index (χ0v) is 11.3. The first-order valence-corrected chi connectivity index (χ1v) is 7.32. The Morgan fingerprint density at radius 1 is 1.29 bits per heavy atom. The SMILES string of the molecule is CNC(c1cccc2ccsc12)C(C)C1CC1. The van der Waals surface area contributed by atoms with Gasteiger partial charge < -0.3 is 5.32 Å². The molecule has 90 valence electrons. The third-order valence-corrected chi connectivity index (χ3v) is 5.03. The number of thiophene rings is 1. The number of fused-ring (bicyclic) bond motifs is 1. The second kappa shape index (κ2) is 4.43. The summed E-state index contributed by atoms with van der Waals surface area (Å²) in [5.41, 5.74) is 1.49. The molecule has 1 saturated carbocycles. The molecule has 0 spiro atoms. The highest BCUT2D eigenvalue weighted by Gasteiger charge is 2.33. The van der Waals surface area contributed by atoms with Crippen LogP contribution in [0.1, 0.15) is 31.4 Å². The number of hydrogen-bond donors (Lipinski definition) is 1. The monoisotopic (exact) mass is 245 g/mol. The van der Waals surface area contributed by atoms with E-state index in [0.717, 1.165) is 11.8 Å². The van der Waals surface area contributed by atoms with E-state index in [-0.39, 0.29) is 0 Å². The Morgan fingerprint density at radius 3 is 2.82 bits per heavy atom. The Balaban J connectivity index is 2.02. The van der Waals surface area contributed by atoms with E-state index in [1.807, 2.05) is 11.3 Å². The van der Waals surface area contributed by atoms with Crippen molar-refractivity contribution in [3.05, 3.63) is 35.2 Å². The fraction of sp³-hybridized carbons (Fsp3) is 0.467. The van der Waals surface area contributed by atoms with Gasteiger partial charge in [-0.25, -0.2) is 0 Å². The van der Waals surface area contributed by atoms with Crippen LogP contribution in [0.25, 0.3) is 10.1 Å². The van der Waals surface area contributed by atoms with Crippen LogP contribution in [-0.4, -0.2) is 7.05 Å². The summed E-state index contributed by atoms with van der Waals surface area (Å²) in [6, 6.07) is 9.42. The average molecular weight is 245 g/mol. The molecular weight excluding hydrogens is 226 g/mol. The summed E-state index contributed by atoms with van der Waals surface area (Å²) in [4.78, 5) is 0. The second-order valence-electron chi connectivity index (χ2n) is 5.15. The number of rotatable bonds is 4. The first kappa shape index (κ1) is 11.2. The Bertz CT molecular complexity index is 512. The molecule has 1 aromatic heterocycles. The molecular formula is C15H19NS. The summed E-state index contributed by atoms with van der Waals surface area (Å²) in [7, 11) is 2.09. The van der Waals surface area contributed by atoms with Crippen LogP contribution in [0.15, 0.2) is 29.6 Å². The quantitative estimate of drug-likeness (QED) is 0.851. The molecule has 1 nitrogen and oxygen atoms in total. The van der Waals surface area contributed by atoms with Crippen molar-refractivity contribution < 1.29 is 0 Å². The van der Waals surface area contributed by atoms with Crippen LogP contribution in [-0.2, 0) is 0 Å². The predicted octanol–water partition coefficient (Wildman–Crippen LogP) is 4.21. The van der Waals surface area contributed by atoms with Gasteiger partial charge in [-0.15, -0.1) is 11.3 Å². The lowest BCUT2D eigenvalue weighted by atomic mass is 9.90. The minimum Gasteiger partial charge on any atom is -0.313 e. The second-order valence-corrected chi connectivity index (χ2v) is 6.07. The van der Waals surface area contributed by atoms with E-state index < -0.39 is 0 Å². The molecule has 0 bridgehead atoms. The third-order valence-electron chi connectivity index (χ3n) is 4.05. The maximum Gasteiger partial charge on any atom is 0.0390 e. The fourth-order valence-electron chi connectivity index (χ4n) is 2.86. The molecule has 1 aliphatic carbocycles. The molecule has 17 heavy (non-hydrogen) atoms. The molecule has 1 aliphatic rings. The molecule has 0 amide bonds. The largest absolute Gasteiger partial charge is 0.313 e. The van der Waals surface area contributed by atoms with Gasteiger partial charge in [0.05, 0.1) is 0 Å². The maximum absolute atomic E-state index is 3.53. The molecule has 2 unspecified atom stereocenters. The van der Waals surface area contributed by atoms with Crippen molar-refractivity contribution in [3.8, 4) is 0 Å². The molecule has 2 aromatic rings. The van der Waals surface area contributed by atoms with Crippen LogP contribution >= 0.6 is 11.3 Å². The molecule has 1 N–H and O–H groups in total. The van der Waals surface area contributed by atoms with E-state index in [2.05, 4.69) is 48.9 Å². The van der Waals surface area contributed by atoms with E-state index in [9.17, 15) is 0 Å². The highest BCUT2D eigenvalue weighted by Crippen LogP contribution is 2.44. The van der Waals surface area contributed by atoms with Gasteiger partial charge in [-0.1, -0.05) is 25.1 Å². The lowest BCUT2D eigenvalue weighted by Crippen LogP contribution is -2.24. The zero-order chi connectivity index (χ0) is 11.8. The Kier molecular flexibility index (Phi) is 2.93. The molecule has 1 aromatic carbocycles. The lowest BCUT2D eigenvalue weighted by molar-refractivity contribution is 0.371.